The first kappa shape index (κ1) is 12.4. The van der Waals surface area contributed by atoms with Gasteiger partial charge in [0.1, 0.15) is 0 Å². The second kappa shape index (κ2) is 5.52. The summed E-state index contributed by atoms with van der Waals surface area (Å²) in [4.78, 5) is 0. The molecule has 1 atom stereocenters. The van der Waals surface area contributed by atoms with Gasteiger partial charge in [0.05, 0.1) is 10.7 Å². The second-order valence-electron chi connectivity index (χ2n) is 4.14. The van der Waals surface area contributed by atoms with Crippen molar-refractivity contribution in [2.75, 3.05) is 16.8 Å². The first-order valence-corrected chi connectivity index (χ1v) is 7.38. The number of hydrogen-bond donors (Lipinski definition) is 1. The molecule has 1 saturated heterocycles. The molecule has 1 fully saturated rings. The fourth-order valence-corrected chi connectivity index (χ4v) is 3.34. The minimum absolute atomic E-state index is 0.523. The van der Waals surface area contributed by atoms with Gasteiger partial charge in [-0.1, -0.05) is 23.2 Å². The summed E-state index contributed by atoms with van der Waals surface area (Å²) in [6, 6.07) is 4.37. The Kier molecular flexibility index (Phi) is 4.28. The number of benzene rings is 1. The van der Waals surface area contributed by atoms with Crippen LogP contribution in [0.5, 0.6) is 0 Å². The highest BCUT2D eigenvalue weighted by Gasteiger charge is 2.15. The van der Waals surface area contributed by atoms with Gasteiger partial charge in [-0.2, -0.15) is 11.8 Å². The van der Waals surface area contributed by atoms with E-state index in [9.17, 15) is 0 Å². The van der Waals surface area contributed by atoms with Gasteiger partial charge in [-0.15, -0.1) is 0 Å². The molecular formula is C12H15Cl2NS. The van der Waals surface area contributed by atoms with E-state index < -0.39 is 0 Å². The number of halogens is 2. The average Bonchev–Trinajstić information content (AvgIpc) is 2.27. The van der Waals surface area contributed by atoms with Gasteiger partial charge in [-0.05, 0) is 43.2 Å². The van der Waals surface area contributed by atoms with Crippen LogP contribution in [0.25, 0.3) is 0 Å². The van der Waals surface area contributed by atoms with Crippen LogP contribution in [0.1, 0.15) is 18.4 Å². The first-order valence-electron chi connectivity index (χ1n) is 5.47. The van der Waals surface area contributed by atoms with Crippen molar-refractivity contribution >= 4 is 40.7 Å². The van der Waals surface area contributed by atoms with Gasteiger partial charge in [-0.3, -0.25) is 0 Å². The van der Waals surface area contributed by atoms with Crippen LogP contribution in [-0.2, 0) is 0 Å². The molecule has 1 aliphatic heterocycles. The highest BCUT2D eigenvalue weighted by atomic mass is 35.5. The molecular weight excluding hydrogens is 261 g/mol. The third-order valence-corrected chi connectivity index (χ3v) is 4.70. The fourth-order valence-electron chi connectivity index (χ4n) is 1.83. The fraction of sp³-hybridized carbons (Fsp3) is 0.500. The molecule has 1 nitrogen and oxygen atoms in total. The molecule has 2 rings (SSSR count). The lowest BCUT2D eigenvalue weighted by Gasteiger charge is -2.24. The van der Waals surface area contributed by atoms with Crippen molar-refractivity contribution in [3.05, 3.63) is 27.7 Å². The minimum Gasteiger partial charge on any atom is -0.380 e. The maximum Gasteiger partial charge on any atom is 0.0641 e. The minimum atomic E-state index is 0.523. The number of thioether (sulfide) groups is 1. The molecule has 0 aromatic heterocycles. The summed E-state index contributed by atoms with van der Waals surface area (Å²) in [6.45, 7) is 1.97. The maximum atomic E-state index is 6.19. The lowest BCUT2D eigenvalue weighted by atomic mass is 10.1. The van der Waals surface area contributed by atoms with Crippen molar-refractivity contribution in [2.45, 2.75) is 25.8 Å². The van der Waals surface area contributed by atoms with Gasteiger partial charge in [0.15, 0.2) is 0 Å². The van der Waals surface area contributed by atoms with Crippen LogP contribution in [-0.4, -0.2) is 17.5 Å². The normalized spacial score (nSPS) is 20.8. The highest BCUT2D eigenvalue weighted by molar-refractivity contribution is 7.99. The van der Waals surface area contributed by atoms with E-state index in [-0.39, 0.29) is 0 Å². The number of anilines is 1. The summed E-state index contributed by atoms with van der Waals surface area (Å²) in [5.74, 6) is 2.43. The molecule has 0 radical (unpaired) electrons. The molecule has 1 unspecified atom stereocenters. The molecule has 4 heteroatoms. The van der Waals surface area contributed by atoms with Crippen LogP contribution < -0.4 is 5.32 Å². The molecule has 1 heterocycles. The molecule has 1 aromatic rings. The third-order valence-electron chi connectivity index (χ3n) is 2.77. The van der Waals surface area contributed by atoms with Crippen LogP contribution >= 0.6 is 35.0 Å². The maximum absolute atomic E-state index is 6.19. The van der Waals surface area contributed by atoms with E-state index >= 15 is 0 Å². The summed E-state index contributed by atoms with van der Waals surface area (Å²) < 4.78 is 0. The zero-order chi connectivity index (χ0) is 11.5. The summed E-state index contributed by atoms with van der Waals surface area (Å²) in [5.41, 5.74) is 1.99. The summed E-state index contributed by atoms with van der Waals surface area (Å²) in [5, 5.41) is 5.01. The lowest BCUT2D eigenvalue weighted by Crippen LogP contribution is -2.25. The van der Waals surface area contributed by atoms with E-state index in [1.54, 1.807) is 0 Å². The van der Waals surface area contributed by atoms with E-state index in [0.717, 1.165) is 27.0 Å². The van der Waals surface area contributed by atoms with E-state index in [2.05, 4.69) is 5.32 Å². The summed E-state index contributed by atoms with van der Waals surface area (Å²) >= 11 is 14.3. The summed E-state index contributed by atoms with van der Waals surface area (Å²) in [7, 11) is 0. The van der Waals surface area contributed by atoms with Crippen LogP contribution in [0.4, 0.5) is 5.69 Å². The molecule has 88 valence electrons. The van der Waals surface area contributed by atoms with Gasteiger partial charge in [0, 0.05) is 16.8 Å². The predicted molar refractivity (Wildman–Crippen MR) is 75.2 cm³/mol. The van der Waals surface area contributed by atoms with E-state index in [0.29, 0.717) is 6.04 Å². The Balaban J connectivity index is 2.11. The Labute approximate surface area is 111 Å². The molecule has 0 aliphatic carbocycles. The number of aryl methyl sites for hydroxylation is 1. The number of nitrogens with one attached hydrogen (secondary N) is 1. The Morgan fingerprint density at radius 3 is 2.81 bits per heavy atom. The molecule has 0 spiro atoms. The zero-order valence-corrected chi connectivity index (χ0v) is 11.6. The molecule has 1 aromatic carbocycles. The van der Waals surface area contributed by atoms with Crippen molar-refractivity contribution < 1.29 is 0 Å². The Bertz CT molecular complexity index is 376. The molecule has 0 bridgehead atoms. The molecule has 16 heavy (non-hydrogen) atoms. The first-order chi connectivity index (χ1) is 7.66. The average molecular weight is 276 g/mol. The van der Waals surface area contributed by atoms with Crippen LogP contribution in [0, 0.1) is 6.92 Å². The van der Waals surface area contributed by atoms with E-state index in [4.69, 9.17) is 23.2 Å². The number of hydrogen-bond acceptors (Lipinski definition) is 2. The van der Waals surface area contributed by atoms with Crippen LogP contribution in [0.2, 0.25) is 10.0 Å². The van der Waals surface area contributed by atoms with Crippen molar-refractivity contribution in [1.82, 2.24) is 0 Å². The van der Waals surface area contributed by atoms with Gasteiger partial charge >= 0.3 is 0 Å². The molecule has 0 amide bonds. The quantitative estimate of drug-likeness (QED) is 0.846. The van der Waals surface area contributed by atoms with Crippen molar-refractivity contribution in [2.24, 2.45) is 0 Å². The van der Waals surface area contributed by atoms with Crippen molar-refractivity contribution in [3.63, 3.8) is 0 Å². The zero-order valence-electron chi connectivity index (χ0n) is 9.22. The molecule has 0 saturated carbocycles. The highest BCUT2D eigenvalue weighted by Crippen LogP contribution is 2.30. The predicted octanol–water partition coefficient (Wildman–Crippen LogP) is 4.61. The second-order valence-corrected chi connectivity index (χ2v) is 6.10. The number of rotatable bonds is 2. The Hall–Kier alpha value is -0.0500. The van der Waals surface area contributed by atoms with Gasteiger partial charge < -0.3 is 5.32 Å². The van der Waals surface area contributed by atoms with E-state index in [1.807, 2.05) is 30.8 Å². The summed E-state index contributed by atoms with van der Waals surface area (Å²) in [6.07, 6.45) is 2.49. The topological polar surface area (TPSA) is 12.0 Å². The van der Waals surface area contributed by atoms with Gasteiger partial charge in [0.25, 0.3) is 0 Å². The van der Waals surface area contributed by atoms with Crippen LogP contribution in [0.15, 0.2) is 12.1 Å². The lowest BCUT2D eigenvalue weighted by molar-refractivity contribution is 0.685. The Morgan fingerprint density at radius 1 is 1.31 bits per heavy atom. The van der Waals surface area contributed by atoms with Gasteiger partial charge in [0.2, 0.25) is 0 Å². The Morgan fingerprint density at radius 2 is 2.12 bits per heavy atom. The monoisotopic (exact) mass is 275 g/mol. The van der Waals surface area contributed by atoms with E-state index in [1.165, 1.54) is 18.6 Å². The smallest absolute Gasteiger partial charge is 0.0641 e. The third kappa shape index (κ3) is 2.99. The molecule has 1 aliphatic rings. The largest absolute Gasteiger partial charge is 0.380 e. The molecule has 1 N–H and O–H groups in total. The van der Waals surface area contributed by atoms with Crippen LogP contribution in [0.3, 0.4) is 0 Å². The van der Waals surface area contributed by atoms with Gasteiger partial charge in [-0.25, -0.2) is 0 Å². The SMILES string of the molecule is Cc1cc(Cl)c(NC2CCCSC2)cc1Cl. The van der Waals surface area contributed by atoms with Crippen molar-refractivity contribution in [3.8, 4) is 0 Å². The van der Waals surface area contributed by atoms with Crippen molar-refractivity contribution in [1.29, 1.82) is 0 Å². The standard InChI is InChI=1S/C12H15Cl2NS/c1-8-5-11(14)12(6-10(8)13)15-9-3-2-4-16-7-9/h5-6,9,15H,2-4,7H2,1H3.